The summed E-state index contributed by atoms with van der Waals surface area (Å²) in [5.74, 6) is 0. The summed E-state index contributed by atoms with van der Waals surface area (Å²) in [5, 5.41) is 0. The van der Waals surface area contributed by atoms with Crippen LogP contribution in [0, 0.1) is 0 Å². The molecule has 0 bridgehead atoms. The van der Waals surface area contributed by atoms with E-state index in [0.717, 1.165) is 32.5 Å². The van der Waals surface area contributed by atoms with Gasteiger partial charge in [-0.05, 0) is 24.0 Å². The summed E-state index contributed by atoms with van der Waals surface area (Å²) in [6, 6.07) is 8.96. The fourth-order valence-corrected chi connectivity index (χ4v) is 2.75. The minimum Gasteiger partial charge on any atom is -0.323 e. The van der Waals surface area contributed by atoms with E-state index in [1.54, 1.807) is 0 Å². The van der Waals surface area contributed by atoms with E-state index in [0.29, 0.717) is 0 Å². The highest BCUT2D eigenvalue weighted by molar-refractivity contribution is 5.23. The topological polar surface area (TPSA) is 29.3 Å². The molecule has 1 heterocycles. The van der Waals surface area contributed by atoms with Crippen molar-refractivity contribution < 1.29 is 0 Å². The summed E-state index contributed by atoms with van der Waals surface area (Å²) in [5.41, 5.74) is 9.17. The van der Waals surface area contributed by atoms with Crippen molar-refractivity contribution >= 4 is 0 Å². The molecule has 2 rings (SSSR count). The van der Waals surface area contributed by atoms with Gasteiger partial charge in [-0.3, -0.25) is 4.90 Å². The quantitative estimate of drug-likeness (QED) is 0.845. The van der Waals surface area contributed by atoms with Crippen LogP contribution >= 0.6 is 0 Å². The SMILES string of the molecule is CCCC1(N)CN(Cc2ccc(CC)cc2)C1. The van der Waals surface area contributed by atoms with Gasteiger partial charge in [-0.2, -0.15) is 0 Å². The van der Waals surface area contributed by atoms with Crippen LogP contribution in [-0.2, 0) is 13.0 Å². The van der Waals surface area contributed by atoms with Gasteiger partial charge in [0.05, 0.1) is 0 Å². The normalized spacial score (nSPS) is 19.0. The van der Waals surface area contributed by atoms with Crippen LogP contribution < -0.4 is 5.73 Å². The third-order valence-electron chi connectivity index (χ3n) is 3.66. The van der Waals surface area contributed by atoms with Gasteiger partial charge in [-0.25, -0.2) is 0 Å². The molecule has 0 aromatic heterocycles. The van der Waals surface area contributed by atoms with Crippen molar-refractivity contribution in [3.63, 3.8) is 0 Å². The Kier molecular flexibility index (Phi) is 3.85. The zero-order valence-corrected chi connectivity index (χ0v) is 11.1. The van der Waals surface area contributed by atoms with Crippen molar-refractivity contribution in [2.75, 3.05) is 13.1 Å². The molecular weight excluding hydrogens is 208 g/mol. The number of hydrogen-bond donors (Lipinski definition) is 1. The van der Waals surface area contributed by atoms with E-state index in [-0.39, 0.29) is 5.54 Å². The van der Waals surface area contributed by atoms with E-state index < -0.39 is 0 Å². The van der Waals surface area contributed by atoms with Crippen molar-refractivity contribution in [2.24, 2.45) is 5.73 Å². The largest absolute Gasteiger partial charge is 0.323 e. The number of nitrogens with zero attached hydrogens (tertiary/aromatic N) is 1. The molecule has 2 N–H and O–H groups in total. The summed E-state index contributed by atoms with van der Waals surface area (Å²) >= 11 is 0. The zero-order chi connectivity index (χ0) is 12.3. The predicted molar refractivity (Wildman–Crippen MR) is 72.9 cm³/mol. The standard InChI is InChI=1S/C15H24N2/c1-3-9-15(16)11-17(12-15)10-14-7-5-13(4-2)6-8-14/h5-8H,3-4,9-12,16H2,1-2H3. The Labute approximate surface area is 105 Å². The molecule has 94 valence electrons. The smallest absolute Gasteiger partial charge is 0.0412 e. The number of aryl methyl sites for hydroxylation is 1. The van der Waals surface area contributed by atoms with Gasteiger partial charge in [0, 0.05) is 25.2 Å². The predicted octanol–water partition coefficient (Wildman–Crippen LogP) is 2.56. The second-order valence-corrected chi connectivity index (χ2v) is 5.43. The Balaban J connectivity index is 1.83. The minimum atomic E-state index is 0.0953. The first-order valence-corrected chi connectivity index (χ1v) is 6.74. The van der Waals surface area contributed by atoms with Crippen LogP contribution in [0.5, 0.6) is 0 Å². The molecular formula is C15H24N2. The van der Waals surface area contributed by atoms with Crippen LogP contribution in [0.1, 0.15) is 37.8 Å². The maximum absolute atomic E-state index is 6.26. The first-order chi connectivity index (χ1) is 8.15. The lowest BCUT2D eigenvalue weighted by Gasteiger charge is -2.48. The number of likely N-dealkylation sites (tertiary alicyclic amines) is 1. The van der Waals surface area contributed by atoms with E-state index in [1.165, 1.54) is 17.5 Å². The van der Waals surface area contributed by atoms with Crippen LogP contribution in [0.2, 0.25) is 0 Å². The molecule has 1 aliphatic heterocycles. The van der Waals surface area contributed by atoms with Crippen molar-refractivity contribution in [3.05, 3.63) is 35.4 Å². The highest BCUT2D eigenvalue weighted by Gasteiger charge is 2.37. The van der Waals surface area contributed by atoms with Gasteiger partial charge in [0.1, 0.15) is 0 Å². The highest BCUT2D eigenvalue weighted by Crippen LogP contribution is 2.24. The molecule has 0 atom stereocenters. The van der Waals surface area contributed by atoms with Gasteiger partial charge < -0.3 is 5.73 Å². The third kappa shape index (κ3) is 3.08. The van der Waals surface area contributed by atoms with Crippen molar-refractivity contribution in [2.45, 2.75) is 45.2 Å². The molecule has 1 aromatic carbocycles. The van der Waals surface area contributed by atoms with Crippen LogP contribution in [0.4, 0.5) is 0 Å². The molecule has 2 heteroatoms. The molecule has 0 radical (unpaired) electrons. The van der Waals surface area contributed by atoms with Crippen LogP contribution in [0.25, 0.3) is 0 Å². The second-order valence-electron chi connectivity index (χ2n) is 5.43. The Morgan fingerprint density at radius 1 is 1.12 bits per heavy atom. The van der Waals surface area contributed by atoms with Crippen LogP contribution in [-0.4, -0.2) is 23.5 Å². The van der Waals surface area contributed by atoms with Gasteiger partial charge in [0.2, 0.25) is 0 Å². The molecule has 0 spiro atoms. The molecule has 1 aromatic rings. The lowest BCUT2D eigenvalue weighted by molar-refractivity contribution is 0.0567. The lowest BCUT2D eigenvalue weighted by Crippen LogP contribution is -2.66. The first kappa shape index (κ1) is 12.6. The Bertz CT molecular complexity index is 350. The molecule has 1 fully saturated rings. The van der Waals surface area contributed by atoms with Gasteiger partial charge in [-0.1, -0.05) is 44.5 Å². The Morgan fingerprint density at radius 3 is 2.24 bits per heavy atom. The number of nitrogens with two attached hydrogens (primary N) is 1. The monoisotopic (exact) mass is 232 g/mol. The molecule has 0 aliphatic carbocycles. The van der Waals surface area contributed by atoms with Gasteiger partial charge in [-0.15, -0.1) is 0 Å². The molecule has 0 saturated carbocycles. The minimum absolute atomic E-state index is 0.0953. The fourth-order valence-electron chi connectivity index (χ4n) is 2.75. The van der Waals surface area contributed by atoms with Crippen molar-refractivity contribution in [1.82, 2.24) is 4.90 Å². The highest BCUT2D eigenvalue weighted by atomic mass is 15.2. The average Bonchev–Trinajstić information content (AvgIpc) is 2.28. The van der Waals surface area contributed by atoms with Gasteiger partial charge in [0.15, 0.2) is 0 Å². The maximum Gasteiger partial charge on any atom is 0.0412 e. The number of rotatable bonds is 5. The van der Waals surface area contributed by atoms with Gasteiger partial charge in [0.25, 0.3) is 0 Å². The fraction of sp³-hybridized carbons (Fsp3) is 0.600. The van der Waals surface area contributed by atoms with Gasteiger partial charge >= 0.3 is 0 Å². The lowest BCUT2D eigenvalue weighted by atomic mass is 9.86. The third-order valence-corrected chi connectivity index (χ3v) is 3.66. The maximum atomic E-state index is 6.26. The molecule has 1 aliphatic rings. The molecule has 0 amide bonds. The summed E-state index contributed by atoms with van der Waals surface area (Å²) in [6.45, 7) is 7.55. The summed E-state index contributed by atoms with van der Waals surface area (Å²) < 4.78 is 0. The van der Waals surface area contributed by atoms with Crippen LogP contribution in [0.15, 0.2) is 24.3 Å². The number of benzene rings is 1. The summed E-state index contributed by atoms with van der Waals surface area (Å²) in [4.78, 5) is 2.44. The van der Waals surface area contributed by atoms with Crippen LogP contribution in [0.3, 0.4) is 0 Å². The van der Waals surface area contributed by atoms with Crippen molar-refractivity contribution in [1.29, 1.82) is 0 Å². The van der Waals surface area contributed by atoms with E-state index in [4.69, 9.17) is 5.73 Å². The number of hydrogen-bond acceptors (Lipinski definition) is 2. The molecule has 1 saturated heterocycles. The molecule has 17 heavy (non-hydrogen) atoms. The van der Waals surface area contributed by atoms with Crippen molar-refractivity contribution in [3.8, 4) is 0 Å². The van der Waals surface area contributed by atoms with E-state index in [1.807, 2.05) is 0 Å². The second kappa shape index (κ2) is 5.19. The molecule has 2 nitrogen and oxygen atoms in total. The Hall–Kier alpha value is -0.860. The van der Waals surface area contributed by atoms with E-state index >= 15 is 0 Å². The van der Waals surface area contributed by atoms with E-state index in [2.05, 4.69) is 43.0 Å². The van der Waals surface area contributed by atoms with E-state index in [9.17, 15) is 0 Å². The Morgan fingerprint density at radius 2 is 1.71 bits per heavy atom. The average molecular weight is 232 g/mol. The molecule has 0 unspecified atom stereocenters. The first-order valence-electron chi connectivity index (χ1n) is 6.74. The summed E-state index contributed by atoms with van der Waals surface area (Å²) in [7, 11) is 0. The zero-order valence-electron chi connectivity index (χ0n) is 11.1. The summed E-state index contributed by atoms with van der Waals surface area (Å²) in [6.07, 6.45) is 3.46.